The second-order valence-electron chi connectivity index (χ2n) is 8.27. The Hall–Kier alpha value is -4.50. The van der Waals surface area contributed by atoms with E-state index in [-0.39, 0.29) is 17.7 Å². The number of allylic oxidation sites excluding steroid dienone is 1. The van der Waals surface area contributed by atoms with Crippen LogP contribution in [0, 0.1) is 0 Å². The second kappa shape index (κ2) is 9.87. The molecule has 0 unspecified atom stereocenters. The summed E-state index contributed by atoms with van der Waals surface area (Å²) < 4.78 is 13.1. The Morgan fingerprint density at radius 3 is 2.57 bits per heavy atom. The number of thiazole rings is 1. The Labute approximate surface area is 215 Å². The molecule has 2 aromatic carbocycles. The van der Waals surface area contributed by atoms with Gasteiger partial charge in [0.15, 0.2) is 4.80 Å². The lowest BCUT2D eigenvalue weighted by Gasteiger charge is -2.24. The fraction of sp³-hybridized carbons (Fsp3) is 0.143. The van der Waals surface area contributed by atoms with Crippen LogP contribution in [-0.4, -0.2) is 28.2 Å². The molecule has 186 valence electrons. The number of aromatic nitrogens is 1. The zero-order chi connectivity index (χ0) is 26.1. The van der Waals surface area contributed by atoms with Gasteiger partial charge in [0.2, 0.25) is 0 Å². The van der Waals surface area contributed by atoms with Gasteiger partial charge in [-0.2, -0.15) is 0 Å². The van der Waals surface area contributed by atoms with Crippen LogP contribution < -0.4 is 14.9 Å². The molecule has 0 fully saturated rings. The Morgan fingerprint density at radius 1 is 1.11 bits per heavy atom. The minimum Gasteiger partial charge on any atom is -0.478 e. The molecule has 0 amide bonds. The van der Waals surface area contributed by atoms with Gasteiger partial charge < -0.3 is 14.3 Å². The van der Waals surface area contributed by atoms with E-state index in [4.69, 9.17) is 9.15 Å². The van der Waals surface area contributed by atoms with E-state index in [9.17, 15) is 19.5 Å². The number of ether oxygens (including phenoxy) is 1. The maximum Gasteiger partial charge on any atom is 0.338 e. The SMILES string of the molecule is CCOC(=O)C1=C(C)N=c2sc(=Cc3ccc(-c4ccccc4C(=O)O)o3)c(=O)n2[C@H]1c1ccccc1. The first-order valence-electron chi connectivity index (χ1n) is 11.6. The highest BCUT2D eigenvalue weighted by Crippen LogP contribution is 2.30. The van der Waals surface area contributed by atoms with Gasteiger partial charge in [-0.25, -0.2) is 14.6 Å². The largest absolute Gasteiger partial charge is 0.478 e. The highest BCUT2D eigenvalue weighted by molar-refractivity contribution is 7.07. The summed E-state index contributed by atoms with van der Waals surface area (Å²) in [4.78, 5) is 43.2. The number of carboxylic acid groups (broad SMARTS) is 1. The third-order valence-corrected chi connectivity index (χ3v) is 6.94. The summed E-state index contributed by atoms with van der Waals surface area (Å²) in [7, 11) is 0. The molecule has 0 saturated carbocycles. The van der Waals surface area contributed by atoms with Crippen molar-refractivity contribution < 1.29 is 23.8 Å². The van der Waals surface area contributed by atoms with Gasteiger partial charge in [0.25, 0.3) is 5.56 Å². The molecule has 3 heterocycles. The van der Waals surface area contributed by atoms with Crippen molar-refractivity contribution in [3.05, 3.63) is 115 Å². The molecule has 5 rings (SSSR count). The lowest BCUT2D eigenvalue weighted by Crippen LogP contribution is -2.39. The smallest absolute Gasteiger partial charge is 0.338 e. The first kappa shape index (κ1) is 24.2. The summed E-state index contributed by atoms with van der Waals surface area (Å²) in [6, 6.07) is 18.5. The number of carboxylic acids is 1. The van der Waals surface area contributed by atoms with E-state index >= 15 is 0 Å². The summed E-state index contributed by atoms with van der Waals surface area (Å²) in [6.45, 7) is 3.67. The van der Waals surface area contributed by atoms with Crippen molar-refractivity contribution in [2.75, 3.05) is 6.61 Å². The van der Waals surface area contributed by atoms with Crippen molar-refractivity contribution in [1.29, 1.82) is 0 Å². The maximum absolute atomic E-state index is 13.6. The molecule has 0 spiro atoms. The lowest BCUT2D eigenvalue weighted by molar-refractivity contribution is -0.139. The molecule has 1 aliphatic rings. The lowest BCUT2D eigenvalue weighted by atomic mass is 9.96. The normalized spacial score (nSPS) is 15.3. The standard InChI is InChI=1S/C28H22N2O6S/c1-3-35-27(34)23-16(2)29-28-30(24(23)17-9-5-4-6-10-17)25(31)22(37-28)15-18-13-14-21(36-18)19-11-7-8-12-20(19)26(32)33/h4-15,24H,3H2,1-2H3,(H,32,33)/t24-/m0/s1. The molecule has 0 saturated heterocycles. The third-order valence-electron chi connectivity index (χ3n) is 5.96. The Balaban J connectivity index is 1.63. The molecule has 2 aromatic heterocycles. The van der Waals surface area contributed by atoms with Gasteiger partial charge in [0.1, 0.15) is 11.5 Å². The minimum absolute atomic E-state index is 0.118. The number of carbonyl (C=O) groups excluding carboxylic acids is 1. The first-order valence-corrected chi connectivity index (χ1v) is 12.4. The van der Waals surface area contributed by atoms with Gasteiger partial charge in [-0.1, -0.05) is 59.9 Å². The second-order valence-corrected chi connectivity index (χ2v) is 9.27. The molecule has 0 bridgehead atoms. The van der Waals surface area contributed by atoms with E-state index in [2.05, 4.69) is 4.99 Å². The zero-order valence-corrected chi connectivity index (χ0v) is 20.8. The van der Waals surface area contributed by atoms with E-state index < -0.39 is 18.0 Å². The molecule has 4 aromatic rings. The van der Waals surface area contributed by atoms with E-state index in [1.807, 2.05) is 30.3 Å². The number of nitrogens with zero attached hydrogens (tertiary/aromatic N) is 2. The monoisotopic (exact) mass is 514 g/mol. The summed E-state index contributed by atoms with van der Waals surface area (Å²) in [6.07, 6.45) is 1.60. The number of aromatic carboxylic acids is 1. The summed E-state index contributed by atoms with van der Waals surface area (Å²) in [5.41, 5.74) is 1.81. The fourth-order valence-corrected chi connectivity index (χ4v) is 5.36. The molecular formula is C28H22N2O6S. The molecule has 1 aliphatic heterocycles. The summed E-state index contributed by atoms with van der Waals surface area (Å²) in [5, 5.41) is 9.49. The molecular weight excluding hydrogens is 492 g/mol. The van der Waals surface area contributed by atoms with Gasteiger partial charge >= 0.3 is 11.9 Å². The Bertz CT molecular complexity index is 1730. The fourth-order valence-electron chi connectivity index (χ4n) is 4.33. The number of fused-ring (bicyclic) bond motifs is 1. The van der Waals surface area contributed by atoms with Crippen molar-refractivity contribution in [1.82, 2.24) is 4.57 Å². The van der Waals surface area contributed by atoms with E-state index in [0.717, 1.165) is 5.56 Å². The van der Waals surface area contributed by atoms with Crippen LogP contribution in [-0.2, 0) is 9.53 Å². The van der Waals surface area contributed by atoms with Gasteiger partial charge in [0.05, 0.1) is 34.0 Å². The average Bonchev–Trinajstić information content (AvgIpc) is 3.48. The number of carbonyl (C=O) groups is 2. The van der Waals surface area contributed by atoms with Crippen molar-refractivity contribution in [3.63, 3.8) is 0 Å². The van der Waals surface area contributed by atoms with Crippen LogP contribution in [0.25, 0.3) is 17.4 Å². The highest BCUT2D eigenvalue weighted by atomic mass is 32.1. The van der Waals surface area contributed by atoms with E-state index in [1.54, 1.807) is 50.3 Å². The van der Waals surface area contributed by atoms with Crippen molar-refractivity contribution in [2.45, 2.75) is 19.9 Å². The zero-order valence-electron chi connectivity index (χ0n) is 20.0. The van der Waals surface area contributed by atoms with Crippen molar-refractivity contribution in [2.24, 2.45) is 4.99 Å². The van der Waals surface area contributed by atoms with Crippen LogP contribution in [0.15, 0.2) is 92.2 Å². The van der Waals surface area contributed by atoms with Gasteiger partial charge in [-0.3, -0.25) is 9.36 Å². The molecule has 1 N–H and O–H groups in total. The Kier molecular flexibility index (Phi) is 6.45. The number of esters is 1. The van der Waals surface area contributed by atoms with Gasteiger partial charge in [-0.15, -0.1) is 0 Å². The van der Waals surface area contributed by atoms with Crippen molar-refractivity contribution >= 4 is 29.4 Å². The number of hydrogen-bond acceptors (Lipinski definition) is 7. The highest BCUT2D eigenvalue weighted by Gasteiger charge is 2.33. The van der Waals surface area contributed by atoms with Crippen LogP contribution in [0.4, 0.5) is 0 Å². The van der Waals surface area contributed by atoms with E-state index in [0.29, 0.717) is 37.7 Å². The van der Waals surface area contributed by atoms with Crippen LogP contribution in [0.5, 0.6) is 0 Å². The minimum atomic E-state index is -1.06. The Morgan fingerprint density at radius 2 is 1.84 bits per heavy atom. The number of hydrogen-bond donors (Lipinski definition) is 1. The first-order chi connectivity index (χ1) is 17.9. The molecule has 0 aliphatic carbocycles. The van der Waals surface area contributed by atoms with Crippen LogP contribution >= 0.6 is 11.3 Å². The predicted molar refractivity (Wildman–Crippen MR) is 138 cm³/mol. The topological polar surface area (TPSA) is 111 Å². The van der Waals surface area contributed by atoms with Crippen LogP contribution in [0.1, 0.15) is 41.6 Å². The third kappa shape index (κ3) is 4.45. The predicted octanol–water partition coefficient (Wildman–Crippen LogP) is 3.76. The van der Waals surface area contributed by atoms with Crippen molar-refractivity contribution in [3.8, 4) is 11.3 Å². The average molecular weight is 515 g/mol. The number of benzene rings is 2. The van der Waals surface area contributed by atoms with Gasteiger partial charge in [0, 0.05) is 11.6 Å². The number of furan rings is 1. The molecule has 8 nitrogen and oxygen atoms in total. The molecule has 9 heteroatoms. The number of rotatable bonds is 6. The van der Waals surface area contributed by atoms with Crippen LogP contribution in [0.3, 0.4) is 0 Å². The summed E-state index contributed by atoms with van der Waals surface area (Å²) in [5.74, 6) is -0.812. The summed E-state index contributed by atoms with van der Waals surface area (Å²) >= 11 is 1.19. The van der Waals surface area contributed by atoms with Gasteiger partial charge in [-0.05, 0) is 37.6 Å². The maximum atomic E-state index is 13.6. The molecule has 0 radical (unpaired) electrons. The quantitative estimate of drug-likeness (QED) is 0.392. The molecule has 37 heavy (non-hydrogen) atoms. The molecule has 1 atom stereocenters. The van der Waals surface area contributed by atoms with Crippen LogP contribution in [0.2, 0.25) is 0 Å². The van der Waals surface area contributed by atoms with E-state index in [1.165, 1.54) is 22.0 Å².